The van der Waals surface area contributed by atoms with Crippen molar-refractivity contribution in [2.75, 3.05) is 19.7 Å². The molecular weight excluding hydrogens is 495 g/mol. The molecule has 2 rings (SSSR count). The SMILES string of the molecule is CC(C)(C)OC(=O)NCCC1=C(CCNC(=O)OCC(Cl)(Cl)Cl)C(=O)c2ccccc2C1=O. The van der Waals surface area contributed by atoms with Crippen LogP contribution in [0.5, 0.6) is 0 Å². The lowest BCUT2D eigenvalue weighted by Gasteiger charge is -2.22. The van der Waals surface area contributed by atoms with E-state index in [1.54, 1.807) is 45.0 Å². The first-order valence-corrected chi connectivity index (χ1v) is 11.3. The van der Waals surface area contributed by atoms with Gasteiger partial charge >= 0.3 is 12.2 Å². The van der Waals surface area contributed by atoms with E-state index in [1.165, 1.54) is 0 Å². The summed E-state index contributed by atoms with van der Waals surface area (Å²) >= 11 is 16.6. The van der Waals surface area contributed by atoms with Crippen LogP contribution in [-0.2, 0) is 9.47 Å². The van der Waals surface area contributed by atoms with Crippen molar-refractivity contribution in [1.82, 2.24) is 10.6 Å². The summed E-state index contributed by atoms with van der Waals surface area (Å²) in [5.41, 5.74) is 0.451. The largest absolute Gasteiger partial charge is 0.445 e. The maximum Gasteiger partial charge on any atom is 0.407 e. The number of rotatable bonds is 7. The highest BCUT2D eigenvalue weighted by Crippen LogP contribution is 2.30. The molecule has 1 aromatic carbocycles. The number of hydrogen-bond acceptors (Lipinski definition) is 6. The molecule has 0 bridgehead atoms. The van der Waals surface area contributed by atoms with E-state index in [1.807, 2.05) is 0 Å². The first-order valence-electron chi connectivity index (χ1n) is 10.1. The zero-order valence-corrected chi connectivity index (χ0v) is 20.7. The number of nitrogens with one attached hydrogen (secondary N) is 2. The van der Waals surface area contributed by atoms with E-state index in [4.69, 9.17) is 44.3 Å². The average Bonchev–Trinajstić information content (AvgIpc) is 2.70. The number of ketones is 2. The Hall–Kier alpha value is -2.29. The van der Waals surface area contributed by atoms with E-state index < -0.39 is 28.2 Å². The van der Waals surface area contributed by atoms with Crippen LogP contribution in [0.15, 0.2) is 35.4 Å². The molecule has 180 valence electrons. The van der Waals surface area contributed by atoms with Gasteiger partial charge in [0.25, 0.3) is 0 Å². The zero-order chi connectivity index (χ0) is 24.8. The van der Waals surface area contributed by atoms with Gasteiger partial charge in [0.05, 0.1) is 0 Å². The highest BCUT2D eigenvalue weighted by atomic mass is 35.6. The van der Waals surface area contributed by atoms with Crippen molar-refractivity contribution in [3.8, 4) is 0 Å². The van der Waals surface area contributed by atoms with E-state index in [9.17, 15) is 19.2 Å². The van der Waals surface area contributed by atoms with E-state index in [0.717, 1.165) is 0 Å². The Labute approximate surface area is 206 Å². The van der Waals surface area contributed by atoms with Gasteiger partial charge in [-0.05, 0) is 33.6 Å². The zero-order valence-electron chi connectivity index (χ0n) is 18.4. The van der Waals surface area contributed by atoms with Gasteiger partial charge in [0.1, 0.15) is 12.2 Å². The van der Waals surface area contributed by atoms with Gasteiger partial charge in [-0.3, -0.25) is 9.59 Å². The lowest BCUT2D eigenvalue weighted by molar-refractivity contribution is 0.0527. The number of benzene rings is 1. The van der Waals surface area contributed by atoms with Gasteiger partial charge in [0, 0.05) is 35.4 Å². The first-order chi connectivity index (χ1) is 15.3. The van der Waals surface area contributed by atoms with E-state index in [0.29, 0.717) is 11.1 Å². The van der Waals surface area contributed by atoms with Crippen molar-refractivity contribution >= 4 is 58.6 Å². The Morgan fingerprint density at radius 2 is 1.30 bits per heavy atom. The summed E-state index contributed by atoms with van der Waals surface area (Å²) in [4.78, 5) is 49.8. The molecule has 11 heteroatoms. The van der Waals surface area contributed by atoms with Crippen LogP contribution >= 0.6 is 34.8 Å². The van der Waals surface area contributed by atoms with Crippen LogP contribution in [0.2, 0.25) is 0 Å². The first kappa shape index (κ1) is 27.0. The second kappa shape index (κ2) is 11.2. The normalized spacial score (nSPS) is 14.0. The molecule has 0 radical (unpaired) electrons. The van der Waals surface area contributed by atoms with Crippen LogP contribution in [0.25, 0.3) is 0 Å². The summed E-state index contributed by atoms with van der Waals surface area (Å²) < 4.78 is 8.23. The fraction of sp³-hybridized carbons (Fsp3) is 0.455. The summed E-state index contributed by atoms with van der Waals surface area (Å²) in [6.45, 7) is 4.86. The molecule has 0 aromatic heterocycles. The van der Waals surface area contributed by atoms with Gasteiger partial charge in [-0.2, -0.15) is 0 Å². The van der Waals surface area contributed by atoms with Crippen molar-refractivity contribution < 1.29 is 28.7 Å². The molecule has 0 unspecified atom stereocenters. The summed E-state index contributed by atoms with van der Waals surface area (Å²) in [5.74, 6) is -0.612. The maximum absolute atomic E-state index is 13.1. The number of hydrogen-bond donors (Lipinski definition) is 2. The summed E-state index contributed by atoms with van der Waals surface area (Å²) in [6.07, 6.45) is -1.27. The number of alkyl halides is 3. The number of alkyl carbamates (subject to hydrolysis) is 2. The monoisotopic (exact) mass is 518 g/mol. The molecule has 0 heterocycles. The molecule has 0 aliphatic heterocycles. The quantitative estimate of drug-likeness (QED) is 0.502. The van der Waals surface area contributed by atoms with Crippen LogP contribution < -0.4 is 10.6 Å². The number of Topliss-reactive ketones (excluding diaryl/α,β-unsaturated/α-hetero) is 2. The third-order valence-electron chi connectivity index (χ3n) is 4.38. The average molecular weight is 520 g/mol. The fourth-order valence-electron chi connectivity index (χ4n) is 3.10. The number of carbonyl (C=O) groups is 4. The second-order valence-electron chi connectivity index (χ2n) is 8.21. The number of carbonyl (C=O) groups excluding carboxylic acids is 4. The molecule has 2 amide bonds. The maximum atomic E-state index is 13.1. The Bertz CT molecular complexity index is 964. The standard InChI is InChI=1S/C22H25Cl3N2O6/c1-21(2,3)33-20(31)27-11-9-16-15(8-10-26-19(30)32-12-22(23,24)25)17(28)13-6-4-5-7-14(13)18(16)29/h4-7H,8-12H2,1-3H3,(H,26,30)(H,27,31). The third-order valence-corrected chi connectivity index (χ3v) is 4.71. The summed E-state index contributed by atoms with van der Waals surface area (Å²) in [5, 5.41) is 5.04. The van der Waals surface area contributed by atoms with Gasteiger partial charge in [0.15, 0.2) is 11.6 Å². The fourth-order valence-corrected chi connectivity index (χ4v) is 3.26. The van der Waals surface area contributed by atoms with Gasteiger partial charge in [-0.15, -0.1) is 0 Å². The van der Waals surface area contributed by atoms with E-state index in [2.05, 4.69) is 10.6 Å². The van der Waals surface area contributed by atoms with Crippen LogP contribution in [0.1, 0.15) is 54.3 Å². The predicted molar refractivity (Wildman–Crippen MR) is 125 cm³/mol. The Morgan fingerprint density at radius 3 is 1.73 bits per heavy atom. The second-order valence-corrected chi connectivity index (χ2v) is 10.7. The number of ether oxygens (including phenoxy) is 2. The van der Waals surface area contributed by atoms with Gasteiger partial charge in [-0.1, -0.05) is 59.1 Å². The highest BCUT2D eigenvalue weighted by molar-refractivity contribution is 6.67. The molecule has 1 aliphatic carbocycles. The molecule has 1 aliphatic rings. The third kappa shape index (κ3) is 8.53. The number of amides is 2. The predicted octanol–water partition coefficient (Wildman–Crippen LogP) is 4.76. The van der Waals surface area contributed by atoms with Crippen molar-refractivity contribution in [1.29, 1.82) is 0 Å². The van der Waals surface area contributed by atoms with Crippen molar-refractivity contribution in [3.63, 3.8) is 0 Å². The molecule has 0 saturated carbocycles. The van der Waals surface area contributed by atoms with Gasteiger partial charge < -0.3 is 20.1 Å². The molecule has 0 fully saturated rings. The molecule has 0 saturated heterocycles. The van der Waals surface area contributed by atoms with Crippen LogP contribution in [-0.4, -0.2) is 52.8 Å². The number of halogens is 3. The van der Waals surface area contributed by atoms with Crippen molar-refractivity contribution in [3.05, 3.63) is 46.5 Å². The minimum Gasteiger partial charge on any atom is -0.445 e. The molecular formula is C22H25Cl3N2O6. The Kier molecular flexibility index (Phi) is 9.17. The molecule has 8 nitrogen and oxygen atoms in total. The minimum absolute atomic E-state index is 0.0121. The lowest BCUT2D eigenvalue weighted by atomic mass is 9.81. The molecule has 0 spiro atoms. The Balaban J connectivity index is 2.11. The van der Waals surface area contributed by atoms with Crippen LogP contribution in [0.4, 0.5) is 9.59 Å². The summed E-state index contributed by atoms with van der Waals surface area (Å²) in [6, 6.07) is 6.50. The van der Waals surface area contributed by atoms with Crippen molar-refractivity contribution in [2.24, 2.45) is 0 Å². The van der Waals surface area contributed by atoms with Crippen LogP contribution in [0, 0.1) is 0 Å². The van der Waals surface area contributed by atoms with E-state index >= 15 is 0 Å². The summed E-state index contributed by atoms with van der Waals surface area (Å²) in [7, 11) is 0. The van der Waals surface area contributed by atoms with Gasteiger partial charge in [0.2, 0.25) is 3.79 Å². The number of fused-ring (bicyclic) bond motifs is 1. The van der Waals surface area contributed by atoms with Gasteiger partial charge in [-0.25, -0.2) is 9.59 Å². The molecule has 33 heavy (non-hydrogen) atoms. The smallest absolute Gasteiger partial charge is 0.407 e. The molecule has 2 N–H and O–H groups in total. The Morgan fingerprint density at radius 1 is 0.848 bits per heavy atom. The van der Waals surface area contributed by atoms with E-state index in [-0.39, 0.29) is 48.6 Å². The van der Waals surface area contributed by atoms with Crippen LogP contribution in [0.3, 0.4) is 0 Å². The highest BCUT2D eigenvalue weighted by Gasteiger charge is 2.31. The molecule has 1 aromatic rings. The topological polar surface area (TPSA) is 111 Å². The molecule has 0 atom stereocenters. The lowest BCUT2D eigenvalue weighted by Crippen LogP contribution is -2.34. The minimum atomic E-state index is -1.75. The van der Waals surface area contributed by atoms with Crippen molar-refractivity contribution in [2.45, 2.75) is 43.0 Å².